The molecular formula is C22H23F4N5O2. The second kappa shape index (κ2) is 8.14. The van der Waals surface area contributed by atoms with Gasteiger partial charge in [-0.3, -0.25) is 4.90 Å². The molecule has 1 saturated heterocycles. The lowest BCUT2D eigenvalue weighted by Gasteiger charge is -2.45. The number of nitrogens with one attached hydrogen (secondary N) is 2. The molecule has 4 atom stereocenters. The molecule has 0 radical (unpaired) electrons. The summed E-state index contributed by atoms with van der Waals surface area (Å²) in [6, 6.07) is 4.71. The van der Waals surface area contributed by atoms with E-state index >= 15 is 0 Å². The van der Waals surface area contributed by atoms with Crippen LogP contribution < -0.4 is 10.1 Å². The second-order valence-electron chi connectivity index (χ2n) is 8.56. The fraction of sp³-hybridized carbons (Fsp3) is 0.455. The maximum Gasteiger partial charge on any atom is 0.431 e. The molecule has 33 heavy (non-hydrogen) atoms. The fourth-order valence-electron chi connectivity index (χ4n) is 4.70. The van der Waals surface area contributed by atoms with Crippen LogP contribution in [-0.2, 0) is 10.9 Å². The Kier molecular flexibility index (Phi) is 5.40. The highest BCUT2D eigenvalue weighted by molar-refractivity contribution is 5.88. The molecule has 0 amide bonds. The smallest absolute Gasteiger partial charge is 0.431 e. The number of hydrogen-bond donors (Lipinski definition) is 2. The number of H-pyrrole nitrogens is 1. The van der Waals surface area contributed by atoms with E-state index in [0.29, 0.717) is 24.4 Å². The molecule has 0 saturated carbocycles. The molecule has 1 fully saturated rings. The van der Waals surface area contributed by atoms with Crippen LogP contribution in [0.1, 0.15) is 31.1 Å². The van der Waals surface area contributed by atoms with Gasteiger partial charge < -0.3 is 19.8 Å². The monoisotopic (exact) mass is 465 g/mol. The van der Waals surface area contributed by atoms with E-state index in [9.17, 15) is 17.6 Å². The van der Waals surface area contributed by atoms with Gasteiger partial charge in [0.15, 0.2) is 0 Å². The Bertz CT molecular complexity index is 1160. The predicted molar refractivity (Wildman–Crippen MR) is 113 cm³/mol. The largest absolute Gasteiger partial charge is 0.491 e. The van der Waals surface area contributed by atoms with E-state index in [1.807, 2.05) is 13.8 Å². The lowest BCUT2D eigenvalue weighted by molar-refractivity contribution is -0.140. The minimum absolute atomic E-state index is 0.00814. The second-order valence-corrected chi connectivity index (χ2v) is 8.56. The van der Waals surface area contributed by atoms with Gasteiger partial charge in [-0.1, -0.05) is 6.07 Å². The van der Waals surface area contributed by atoms with Crippen molar-refractivity contribution in [2.75, 3.05) is 25.0 Å². The molecule has 0 unspecified atom stereocenters. The number of benzene rings is 1. The zero-order chi connectivity index (χ0) is 23.3. The van der Waals surface area contributed by atoms with Gasteiger partial charge in [-0.2, -0.15) is 13.2 Å². The Hall–Kier alpha value is -2.92. The minimum atomic E-state index is -4.54. The molecule has 176 valence electrons. The van der Waals surface area contributed by atoms with Crippen LogP contribution in [0.5, 0.6) is 5.75 Å². The summed E-state index contributed by atoms with van der Waals surface area (Å²) in [6.45, 7) is 5.58. The molecule has 2 aliphatic rings. The lowest BCUT2D eigenvalue weighted by atomic mass is 9.93. The summed E-state index contributed by atoms with van der Waals surface area (Å²) in [5, 5.41) is 3.54. The van der Waals surface area contributed by atoms with E-state index in [0.717, 1.165) is 6.07 Å². The van der Waals surface area contributed by atoms with Gasteiger partial charge in [0.05, 0.1) is 29.7 Å². The van der Waals surface area contributed by atoms with Crippen molar-refractivity contribution < 1.29 is 27.0 Å². The Morgan fingerprint density at radius 2 is 1.88 bits per heavy atom. The molecule has 2 aliphatic heterocycles. The van der Waals surface area contributed by atoms with Gasteiger partial charge in [0.25, 0.3) is 0 Å². The first-order valence-corrected chi connectivity index (χ1v) is 10.7. The maximum absolute atomic E-state index is 13.9. The highest BCUT2D eigenvalue weighted by Gasteiger charge is 2.39. The van der Waals surface area contributed by atoms with Gasteiger partial charge in [0, 0.05) is 24.7 Å². The number of halogens is 4. The van der Waals surface area contributed by atoms with E-state index in [1.54, 1.807) is 6.07 Å². The summed E-state index contributed by atoms with van der Waals surface area (Å²) < 4.78 is 65.4. The molecule has 11 heteroatoms. The predicted octanol–water partition coefficient (Wildman–Crippen LogP) is 4.14. The van der Waals surface area contributed by atoms with Crippen LogP contribution in [0.2, 0.25) is 0 Å². The molecule has 0 aliphatic carbocycles. The van der Waals surface area contributed by atoms with E-state index in [1.165, 1.54) is 18.5 Å². The summed E-state index contributed by atoms with van der Waals surface area (Å²) in [7, 11) is 0. The minimum Gasteiger partial charge on any atom is -0.491 e. The lowest BCUT2D eigenvalue weighted by Crippen LogP contribution is -2.56. The van der Waals surface area contributed by atoms with Crippen LogP contribution in [0.25, 0.3) is 11.0 Å². The third-order valence-electron chi connectivity index (χ3n) is 6.05. The summed E-state index contributed by atoms with van der Waals surface area (Å²) in [6.07, 6.45) is -3.31. The molecule has 2 aromatic heterocycles. The molecule has 2 N–H and O–H groups in total. The van der Waals surface area contributed by atoms with Crippen molar-refractivity contribution >= 4 is 16.9 Å². The van der Waals surface area contributed by atoms with Gasteiger partial charge in [-0.05, 0) is 26.0 Å². The maximum atomic E-state index is 13.9. The highest BCUT2D eigenvalue weighted by Crippen LogP contribution is 2.39. The summed E-state index contributed by atoms with van der Waals surface area (Å²) in [5.74, 6) is 0.228. The molecule has 3 aromatic rings. The number of alkyl halides is 3. The van der Waals surface area contributed by atoms with Crippen molar-refractivity contribution in [2.24, 2.45) is 0 Å². The zero-order valence-corrected chi connectivity index (χ0v) is 18.0. The van der Waals surface area contributed by atoms with Gasteiger partial charge in [-0.15, -0.1) is 0 Å². The summed E-state index contributed by atoms with van der Waals surface area (Å²) in [5.41, 5.74) is -0.114. The van der Waals surface area contributed by atoms with Crippen molar-refractivity contribution in [3.63, 3.8) is 0 Å². The third-order valence-corrected chi connectivity index (χ3v) is 6.05. The van der Waals surface area contributed by atoms with Gasteiger partial charge in [-0.25, -0.2) is 14.4 Å². The number of hydrogen-bond acceptors (Lipinski definition) is 6. The average molecular weight is 465 g/mol. The Labute approximate surface area is 187 Å². The first-order valence-electron chi connectivity index (χ1n) is 10.7. The number of anilines is 1. The molecular weight excluding hydrogens is 442 g/mol. The Balaban J connectivity index is 1.55. The summed E-state index contributed by atoms with van der Waals surface area (Å²) >= 11 is 0. The van der Waals surface area contributed by atoms with Crippen LogP contribution >= 0.6 is 0 Å². The van der Waals surface area contributed by atoms with Gasteiger partial charge in [0.2, 0.25) is 0 Å². The van der Waals surface area contributed by atoms with Crippen LogP contribution in [0.15, 0.2) is 30.6 Å². The molecule has 4 heterocycles. The molecule has 5 rings (SSSR count). The number of nitrogens with zero attached hydrogens (tertiary/aromatic N) is 3. The normalized spacial score (nSPS) is 26.1. The standard InChI is InChI=1S/C22H23F4N5O2/c1-11-7-31(8-12(2)33-11)16-9-32-17-5-13(23)3-4-14(17)19(16)30-21-15-6-18(22(24,25)26)29-20(15)27-10-28-21/h3-6,10-12,16,19H,7-9H2,1-2H3,(H2,27,28,29,30)/t11-,12+,16-,19-/m0/s1. The van der Waals surface area contributed by atoms with Crippen LogP contribution in [-0.4, -0.2) is 57.8 Å². The van der Waals surface area contributed by atoms with Crippen molar-refractivity contribution in [2.45, 2.75) is 44.3 Å². The summed E-state index contributed by atoms with van der Waals surface area (Å²) in [4.78, 5) is 12.7. The first-order chi connectivity index (χ1) is 15.7. The quantitative estimate of drug-likeness (QED) is 0.567. The number of morpholine rings is 1. The van der Waals surface area contributed by atoms with Crippen molar-refractivity contribution in [1.29, 1.82) is 0 Å². The number of aromatic nitrogens is 3. The van der Waals surface area contributed by atoms with E-state index in [2.05, 4.69) is 25.2 Å². The van der Waals surface area contributed by atoms with E-state index in [-0.39, 0.29) is 41.7 Å². The van der Waals surface area contributed by atoms with E-state index < -0.39 is 23.7 Å². The van der Waals surface area contributed by atoms with E-state index in [4.69, 9.17) is 9.47 Å². The highest BCUT2D eigenvalue weighted by atomic mass is 19.4. The van der Waals surface area contributed by atoms with Gasteiger partial charge >= 0.3 is 6.18 Å². The number of fused-ring (bicyclic) bond motifs is 2. The zero-order valence-electron chi connectivity index (χ0n) is 18.0. The Morgan fingerprint density at radius 3 is 2.61 bits per heavy atom. The topological polar surface area (TPSA) is 75.3 Å². The van der Waals surface area contributed by atoms with Crippen molar-refractivity contribution in [3.8, 4) is 5.75 Å². The van der Waals surface area contributed by atoms with Crippen LogP contribution in [0, 0.1) is 5.82 Å². The third kappa shape index (κ3) is 4.22. The molecule has 0 spiro atoms. The molecule has 0 bridgehead atoms. The van der Waals surface area contributed by atoms with Gasteiger partial charge in [0.1, 0.15) is 41.7 Å². The SMILES string of the molecule is C[C@@H]1CN([C@H]2COc3cc(F)ccc3[C@@H]2Nc2ncnc3[nH]c(C(F)(F)F)cc23)C[C@H](C)O1. The Morgan fingerprint density at radius 1 is 1.12 bits per heavy atom. The van der Waals surface area contributed by atoms with Crippen LogP contribution in [0.3, 0.4) is 0 Å². The first kappa shape index (κ1) is 21.9. The fourth-order valence-corrected chi connectivity index (χ4v) is 4.70. The molecule has 7 nitrogen and oxygen atoms in total. The van der Waals surface area contributed by atoms with Crippen molar-refractivity contribution in [1.82, 2.24) is 19.9 Å². The average Bonchev–Trinajstić information content (AvgIpc) is 3.19. The number of aromatic amines is 1. The van der Waals surface area contributed by atoms with Crippen LogP contribution in [0.4, 0.5) is 23.4 Å². The van der Waals surface area contributed by atoms with Crippen molar-refractivity contribution in [3.05, 3.63) is 47.7 Å². The molecule has 1 aromatic carbocycles. The number of rotatable bonds is 3. The number of ether oxygens (including phenoxy) is 2.